The number of aromatic nitrogens is 2. The average Bonchev–Trinajstić information content (AvgIpc) is 3.13. The van der Waals surface area contributed by atoms with Crippen LogP contribution >= 0.6 is 22.9 Å². The van der Waals surface area contributed by atoms with Crippen LogP contribution in [0.25, 0.3) is 10.9 Å². The van der Waals surface area contributed by atoms with Crippen molar-refractivity contribution >= 4 is 45.4 Å². The third-order valence-electron chi connectivity index (χ3n) is 3.53. The molecular weight excluding hydrogens is 334 g/mol. The minimum atomic E-state index is -1.39. The highest BCUT2D eigenvalue weighted by atomic mass is 35.5. The number of aromatic amines is 1. The Morgan fingerprint density at radius 2 is 2.17 bits per heavy atom. The first-order valence-corrected chi connectivity index (χ1v) is 7.93. The van der Waals surface area contributed by atoms with Gasteiger partial charge in [-0.05, 0) is 19.1 Å². The molecule has 114 valence electrons. The minimum absolute atomic E-state index is 0.304. The van der Waals surface area contributed by atoms with Gasteiger partial charge in [0.25, 0.3) is 0 Å². The van der Waals surface area contributed by atoms with Crippen LogP contribution in [0.4, 0.5) is 0 Å². The lowest BCUT2D eigenvalue weighted by Crippen LogP contribution is -2.22. The van der Waals surface area contributed by atoms with E-state index < -0.39 is 17.5 Å². The van der Waals surface area contributed by atoms with Crippen molar-refractivity contribution in [3.8, 4) is 6.07 Å². The molecule has 23 heavy (non-hydrogen) atoms. The number of nitrogens with zero attached hydrogens (tertiary/aromatic N) is 2. The van der Waals surface area contributed by atoms with Gasteiger partial charge in [0, 0.05) is 27.7 Å². The molecule has 2 aromatic heterocycles. The fourth-order valence-corrected chi connectivity index (χ4v) is 3.31. The maximum Gasteiger partial charge on any atom is 0.199 e. The number of rotatable bonds is 4. The largest absolute Gasteiger partial charge is 0.360 e. The van der Waals surface area contributed by atoms with E-state index in [1.807, 2.05) is 6.07 Å². The van der Waals surface area contributed by atoms with Crippen LogP contribution in [0.5, 0.6) is 0 Å². The standard InChI is InChI=1S/C16H10ClN3O2S/c1-8-16(23-7-20-8)15(22)11(5-18)14(21)12-6-19-13-4-9(17)2-3-10(12)13/h2-4,6-7,11,19H,1H3/t11-/m1/s1. The number of fused-ring (bicyclic) bond motifs is 1. The van der Waals surface area contributed by atoms with Gasteiger partial charge in [0.2, 0.25) is 0 Å². The molecule has 0 unspecified atom stereocenters. The lowest BCUT2D eigenvalue weighted by molar-refractivity contribution is 0.0849. The van der Waals surface area contributed by atoms with Gasteiger partial charge in [-0.25, -0.2) is 4.98 Å². The second kappa shape index (κ2) is 5.95. The highest BCUT2D eigenvalue weighted by Gasteiger charge is 2.31. The quantitative estimate of drug-likeness (QED) is 0.576. The van der Waals surface area contributed by atoms with E-state index in [2.05, 4.69) is 9.97 Å². The van der Waals surface area contributed by atoms with Crippen LogP contribution in [-0.2, 0) is 0 Å². The first kappa shape index (κ1) is 15.4. The van der Waals surface area contributed by atoms with E-state index in [0.717, 1.165) is 11.3 Å². The van der Waals surface area contributed by atoms with Crippen molar-refractivity contribution in [2.24, 2.45) is 5.92 Å². The molecule has 0 radical (unpaired) electrons. The molecule has 0 spiro atoms. The van der Waals surface area contributed by atoms with Gasteiger partial charge in [-0.2, -0.15) is 5.26 Å². The van der Waals surface area contributed by atoms with Gasteiger partial charge in [-0.15, -0.1) is 11.3 Å². The van der Waals surface area contributed by atoms with Crippen LogP contribution in [-0.4, -0.2) is 21.5 Å². The van der Waals surface area contributed by atoms with Gasteiger partial charge in [-0.3, -0.25) is 9.59 Å². The second-order valence-electron chi connectivity index (χ2n) is 4.95. The fourth-order valence-electron chi connectivity index (χ4n) is 2.36. The molecule has 0 saturated carbocycles. The SMILES string of the molecule is Cc1ncsc1C(=O)[C@H](C#N)C(=O)c1c[nH]c2cc(Cl)ccc12. The summed E-state index contributed by atoms with van der Waals surface area (Å²) < 4.78 is 0. The molecule has 0 amide bonds. The molecule has 0 saturated heterocycles. The maximum absolute atomic E-state index is 12.7. The van der Waals surface area contributed by atoms with E-state index in [9.17, 15) is 14.9 Å². The first-order chi connectivity index (χ1) is 11.0. The molecule has 0 aliphatic heterocycles. The Labute approximate surface area is 140 Å². The molecule has 1 N–H and O–H groups in total. The number of hydrogen-bond acceptors (Lipinski definition) is 5. The summed E-state index contributed by atoms with van der Waals surface area (Å²) in [5.74, 6) is -2.43. The third kappa shape index (κ3) is 2.65. The Balaban J connectivity index is 2.01. The van der Waals surface area contributed by atoms with E-state index in [-0.39, 0.29) is 0 Å². The molecule has 1 atom stereocenters. The third-order valence-corrected chi connectivity index (χ3v) is 4.71. The van der Waals surface area contributed by atoms with Crippen LogP contribution in [0.3, 0.4) is 0 Å². The number of Topliss-reactive ketones (excluding diaryl/α,β-unsaturated/α-hetero) is 2. The number of aryl methyl sites for hydroxylation is 1. The van der Waals surface area contributed by atoms with Gasteiger partial charge < -0.3 is 4.98 Å². The average molecular weight is 344 g/mol. The van der Waals surface area contributed by atoms with Gasteiger partial charge in [0.05, 0.1) is 22.2 Å². The number of hydrogen-bond donors (Lipinski definition) is 1. The maximum atomic E-state index is 12.7. The van der Waals surface area contributed by atoms with Crippen molar-refractivity contribution < 1.29 is 9.59 Å². The second-order valence-corrected chi connectivity index (χ2v) is 6.24. The summed E-state index contributed by atoms with van der Waals surface area (Å²) in [7, 11) is 0. The Morgan fingerprint density at radius 3 is 2.83 bits per heavy atom. The number of ketones is 2. The van der Waals surface area contributed by atoms with Crippen LogP contribution in [0.15, 0.2) is 29.9 Å². The van der Waals surface area contributed by atoms with Crippen molar-refractivity contribution in [2.75, 3.05) is 0 Å². The molecule has 0 aliphatic rings. The Hall–Kier alpha value is -2.49. The van der Waals surface area contributed by atoms with E-state index in [1.54, 1.807) is 25.1 Å². The predicted octanol–water partition coefficient (Wildman–Crippen LogP) is 3.79. The molecule has 0 aliphatic carbocycles. The van der Waals surface area contributed by atoms with E-state index in [4.69, 9.17) is 11.6 Å². The van der Waals surface area contributed by atoms with Crippen LogP contribution in [0.2, 0.25) is 5.02 Å². The lowest BCUT2D eigenvalue weighted by atomic mass is 9.93. The van der Waals surface area contributed by atoms with Crippen LogP contribution in [0, 0.1) is 24.2 Å². The summed E-state index contributed by atoms with van der Waals surface area (Å²) >= 11 is 7.05. The fraction of sp³-hybridized carbons (Fsp3) is 0.125. The monoisotopic (exact) mass is 343 g/mol. The minimum Gasteiger partial charge on any atom is -0.360 e. The van der Waals surface area contributed by atoms with Gasteiger partial charge in [0.15, 0.2) is 17.5 Å². The lowest BCUT2D eigenvalue weighted by Gasteiger charge is -2.06. The summed E-state index contributed by atoms with van der Waals surface area (Å²) in [4.78, 5) is 32.4. The van der Waals surface area contributed by atoms with Gasteiger partial charge in [-0.1, -0.05) is 17.7 Å². The molecule has 5 nitrogen and oxygen atoms in total. The normalized spacial score (nSPS) is 12.0. The van der Waals surface area contributed by atoms with Gasteiger partial charge >= 0.3 is 0 Å². The number of nitrogens with one attached hydrogen (secondary N) is 1. The van der Waals surface area contributed by atoms with E-state index in [1.165, 1.54) is 11.7 Å². The smallest absolute Gasteiger partial charge is 0.199 e. The van der Waals surface area contributed by atoms with Crippen molar-refractivity contribution in [3.05, 3.63) is 51.1 Å². The molecule has 3 aromatic rings. The van der Waals surface area contributed by atoms with Crippen LogP contribution in [0.1, 0.15) is 25.7 Å². The molecule has 7 heteroatoms. The zero-order chi connectivity index (χ0) is 16.6. The van der Waals surface area contributed by atoms with E-state index in [0.29, 0.717) is 32.1 Å². The number of benzene rings is 1. The zero-order valence-electron chi connectivity index (χ0n) is 12.0. The summed E-state index contributed by atoms with van der Waals surface area (Å²) in [5.41, 5.74) is 3.03. The number of carbonyl (C=O) groups is 2. The number of nitriles is 1. The number of thiazole rings is 1. The van der Waals surface area contributed by atoms with Crippen molar-refractivity contribution in [1.82, 2.24) is 9.97 Å². The van der Waals surface area contributed by atoms with Crippen molar-refractivity contribution in [3.63, 3.8) is 0 Å². The summed E-state index contributed by atoms with van der Waals surface area (Å²) in [6, 6.07) is 6.86. The van der Waals surface area contributed by atoms with Crippen LogP contribution < -0.4 is 0 Å². The summed E-state index contributed by atoms with van der Waals surface area (Å²) in [6.45, 7) is 1.68. The molecule has 2 heterocycles. The first-order valence-electron chi connectivity index (χ1n) is 6.67. The zero-order valence-corrected chi connectivity index (χ0v) is 13.5. The number of halogens is 1. The summed E-state index contributed by atoms with van der Waals surface area (Å²) in [6.07, 6.45) is 1.50. The van der Waals surface area contributed by atoms with Gasteiger partial charge in [0.1, 0.15) is 0 Å². The molecule has 0 bridgehead atoms. The molecule has 0 fully saturated rings. The van der Waals surface area contributed by atoms with Crippen molar-refractivity contribution in [2.45, 2.75) is 6.92 Å². The topological polar surface area (TPSA) is 86.6 Å². The molecule has 1 aromatic carbocycles. The highest BCUT2D eigenvalue weighted by Crippen LogP contribution is 2.26. The highest BCUT2D eigenvalue weighted by molar-refractivity contribution is 7.12. The Bertz CT molecular complexity index is 967. The Kier molecular flexibility index (Phi) is 3.99. The molecule has 3 rings (SSSR count). The van der Waals surface area contributed by atoms with Crippen molar-refractivity contribution in [1.29, 1.82) is 5.26 Å². The molecular formula is C16H10ClN3O2S. The Morgan fingerprint density at radius 1 is 1.39 bits per heavy atom. The van der Waals surface area contributed by atoms with E-state index >= 15 is 0 Å². The number of H-pyrrole nitrogens is 1. The number of carbonyl (C=O) groups excluding carboxylic acids is 2. The predicted molar refractivity (Wildman–Crippen MR) is 87.9 cm³/mol. The summed E-state index contributed by atoms with van der Waals surface area (Å²) in [5, 5.41) is 10.5.